The van der Waals surface area contributed by atoms with Gasteiger partial charge in [-0.15, -0.1) is 0 Å². The Morgan fingerprint density at radius 1 is 1.42 bits per heavy atom. The lowest BCUT2D eigenvalue weighted by Gasteiger charge is -2.32. The fraction of sp³-hybridized carbons (Fsp3) is 0.632. The molecule has 1 atom stereocenters. The molecule has 1 fully saturated rings. The molecule has 0 bridgehead atoms. The van der Waals surface area contributed by atoms with Crippen LogP contribution in [0.3, 0.4) is 0 Å². The predicted molar refractivity (Wildman–Crippen MR) is 96.8 cm³/mol. The maximum Gasteiger partial charge on any atom is 0.321 e. The van der Waals surface area contributed by atoms with Crippen molar-refractivity contribution >= 4 is 11.7 Å². The Morgan fingerprint density at radius 2 is 2.25 bits per heavy atom. The second-order valence-corrected chi connectivity index (χ2v) is 6.52. The van der Waals surface area contributed by atoms with E-state index in [0.717, 1.165) is 62.4 Å². The minimum absolute atomic E-state index is 0.0291. The number of unbranched alkanes of at least 4 members (excludes halogenated alkanes) is 1. The summed E-state index contributed by atoms with van der Waals surface area (Å²) in [6.45, 7) is 7.15. The van der Waals surface area contributed by atoms with Gasteiger partial charge < -0.3 is 19.7 Å². The van der Waals surface area contributed by atoms with Gasteiger partial charge in [0.15, 0.2) is 0 Å². The van der Waals surface area contributed by atoms with Crippen molar-refractivity contribution in [2.24, 2.45) is 5.92 Å². The number of amides is 2. The fourth-order valence-corrected chi connectivity index (χ4v) is 3.02. The predicted octanol–water partition coefficient (Wildman–Crippen LogP) is 4.06. The number of nitrogens with one attached hydrogen (secondary N) is 1. The number of piperidine rings is 1. The van der Waals surface area contributed by atoms with Gasteiger partial charge in [0.05, 0.1) is 13.2 Å². The quantitative estimate of drug-likeness (QED) is 0.765. The van der Waals surface area contributed by atoms with E-state index in [0.29, 0.717) is 12.5 Å². The number of carbonyl (C=O) groups is 1. The molecule has 1 aromatic rings. The van der Waals surface area contributed by atoms with E-state index in [1.807, 2.05) is 30.0 Å². The Balaban J connectivity index is 1.91. The highest BCUT2D eigenvalue weighted by Gasteiger charge is 2.23. The monoisotopic (exact) mass is 334 g/mol. The van der Waals surface area contributed by atoms with E-state index >= 15 is 0 Å². The van der Waals surface area contributed by atoms with Gasteiger partial charge in [-0.3, -0.25) is 0 Å². The second-order valence-electron chi connectivity index (χ2n) is 6.52. The van der Waals surface area contributed by atoms with E-state index in [9.17, 15) is 4.79 Å². The molecule has 1 aliphatic heterocycles. The van der Waals surface area contributed by atoms with Crippen molar-refractivity contribution in [2.45, 2.75) is 39.5 Å². The van der Waals surface area contributed by atoms with Crippen molar-refractivity contribution in [3.63, 3.8) is 0 Å². The van der Waals surface area contributed by atoms with Crippen molar-refractivity contribution in [3.05, 3.63) is 23.8 Å². The maximum atomic E-state index is 12.5. The second kappa shape index (κ2) is 9.52. The Bertz CT molecular complexity index is 531. The number of nitrogens with zero attached hydrogens (tertiary/aromatic N) is 1. The fourth-order valence-electron chi connectivity index (χ4n) is 3.02. The molecule has 1 aliphatic rings. The number of aryl methyl sites for hydroxylation is 1. The smallest absolute Gasteiger partial charge is 0.321 e. The van der Waals surface area contributed by atoms with Gasteiger partial charge in [0.25, 0.3) is 0 Å². The standard InChI is InChI=1S/C19H30N2O3/c1-4-5-11-24-17-8-9-18(15(2)12-17)20-19(22)21-10-6-7-16(13-21)14-23-3/h8-9,12,16H,4-7,10-11,13-14H2,1-3H3,(H,20,22). The summed E-state index contributed by atoms with van der Waals surface area (Å²) in [4.78, 5) is 14.4. The number of rotatable bonds is 7. The summed E-state index contributed by atoms with van der Waals surface area (Å²) in [7, 11) is 1.71. The number of likely N-dealkylation sites (tertiary alicyclic amines) is 1. The highest BCUT2D eigenvalue weighted by atomic mass is 16.5. The van der Waals surface area contributed by atoms with Crippen LogP contribution in [0.4, 0.5) is 10.5 Å². The summed E-state index contributed by atoms with van der Waals surface area (Å²) in [5.74, 6) is 1.29. The first-order valence-corrected chi connectivity index (χ1v) is 8.92. The number of benzene rings is 1. The van der Waals surface area contributed by atoms with Crippen molar-refractivity contribution < 1.29 is 14.3 Å². The number of hydrogen-bond acceptors (Lipinski definition) is 3. The Labute approximate surface area is 145 Å². The third-order valence-electron chi connectivity index (χ3n) is 4.41. The van der Waals surface area contributed by atoms with Gasteiger partial charge in [-0.05, 0) is 49.9 Å². The SMILES string of the molecule is CCCCOc1ccc(NC(=O)N2CCCC(COC)C2)c(C)c1. The third-order valence-corrected chi connectivity index (χ3v) is 4.41. The molecule has 0 aliphatic carbocycles. The molecule has 2 rings (SSSR count). The molecule has 2 amide bonds. The molecule has 0 radical (unpaired) electrons. The number of methoxy groups -OCH3 is 1. The number of carbonyl (C=O) groups excluding carboxylic acids is 1. The van der Waals surface area contributed by atoms with E-state index in [1.165, 1.54) is 0 Å². The lowest BCUT2D eigenvalue weighted by atomic mass is 9.99. The van der Waals surface area contributed by atoms with E-state index in [1.54, 1.807) is 7.11 Å². The topological polar surface area (TPSA) is 50.8 Å². The minimum atomic E-state index is -0.0291. The van der Waals surface area contributed by atoms with Gasteiger partial charge in [-0.25, -0.2) is 4.79 Å². The molecular weight excluding hydrogens is 304 g/mol. The molecule has 1 saturated heterocycles. The number of ether oxygens (including phenoxy) is 2. The first-order valence-electron chi connectivity index (χ1n) is 8.92. The van der Waals surface area contributed by atoms with Crippen molar-refractivity contribution in [3.8, 4) is 5.75 Å². The zero-order valence-electron chi connectivity index (χ0n) is 15.1. The molecule has 1 aromatic carbocycles. The van der Waals surface area contributed by atoms with Crippen LogP contribution >= 0.6 is 0 Å². The van der Waals surface area contributed by atoms with E-state index in [2.05, 4.69) is 12.2 Å². The molecule has 1 heterocycles. The van der Waals surface area contributed by atoms with Crippen LogP contribution in [0.2, 0.25) is 0 Å². The summed E-state index contributed by atoms with van der Waals surface area (Å²) in [6.07, 6.45) is 4.33. The zero-order valence-corrected chi connectivity index (χ0v) is 15.1. The van der Waals surface area contributed by atoms with Crippen LogP contribution in [0.15, 0.2) is 18.2 Å². The van der Waals surface area contributed by atoms with Crippen LogP contribution in [-0.2, 0) is 4.74 Å². The summed E-state index contributed by atoms with van der Waals surface area (Å²) in [5, 5.41) is 3.03. The maximum absolute atomic E-state index is 12.5. The Hall–Kier alpha value is -1.75. The lowest BCUT2D eigenvalue weighted by molar-refractivity contribution is 0.104. The van der Waals surface area contributed by atoms with Gasteiger partial charge in [0.1, 0.15) is 5.75 Å². The number of urea groups is 1. The first kappa shape index (κ1) is 18.6. The van der Waals surface area contributed by atoms with Crippen LogP contribution in [0, 0.1) is 12.8 Å². The van der Waals surface area contributed by atoms with E-state index < -0.39 is 0 Å². The zero-order chi connectivity index (χ0) is 17.4. The molecule has 24 heavy (non-hydrogen) atoms. The van der Waals surface area contributed by atoms with E-state index in [-0.39, 0.29) is 6.03 Å². The third kappa shape index (κ3) is 5.41. The van der Waals surface area contributed by atoms with Gasteiger partial charge in [-0.2, -0.15) is 0 Å². The number of anilines is 1. The summed E-state index contributed by atoms with van der Waals surface area (Å²) >= 11 is 0. The molecule has 0 spiro atoms. The highest BCUT2D eigenvalue weighted by Crippen LogP contribution is 2.23. The molecule has 1 N–H and O–H groups in total. The summed E-state index contributed by atoms with van der Waals surface area (Å²) < 4.78 is 10.9. The molecular formula is C19H30N2O3. The number of hydrogen-bond donors (Lipinski definition) is 1. The molecule has 5 heteroatoms. The van der Waals surface area contributed by atoms with Crippen molar-refractivity contribution in [1.29, 1.82) is 0 Å². The van der Waals surface area contributed by atoms with Gasteiger partial charge in [-0.1, -0.05) is 13.3 Å². The summed E-state index contributed by atoms with van der Waals surface area (Å²) in [6, 6.07) is 5.79. The average Bonchev–Trinajstić information content (AvgIpc) is 2.58. The van der Waals surface area contributed by atoms with Gasteiger partial charge in [0, 0.05) is 31.8 Å². The average molecular weight is 334 g/mol. The molecule has 0 saturated carbocycles. The van der Waals surface area contributed by atoms with Crippen molar-refractivity contribution in [1.82, 2.24) is 4.90 Å². The first-order chi connectivity index (χ1) is 11.6. The van der Waals surface area contributed by atoms with Crippen LogP contribution in [-0.4, -0.2) is 44.3 Å². The van der Waals surface area contributed by atoms with Crippen LogP contribution < -0.4 is 10.1 Å². The molecule has 0 aromatic heterocycles. The highest BCUT2D eigenvalue weighted by molar-refractivity contribution is 5.90. The molecule has 5 nitrogen and oxygen atoms in total. The summed E-state index contributed by atoms with van der Waals surface area (Å²) in [5.41, 5.74) is 1.86. The van der Waals surface area contributed by atoms with E-state index in [4.69, 9.17) is 9.47 Å². The minimum Gasteiger partial charge on any atom is -0.494 e. The normalized spacial score (nSPS) is 17.6. The van der Waals surface area contributed by atoms with Crippen molar-refractivity contribution in [2.75, 3.05) is 38.7 Å². The molecule has 134 valence electrons. The Kier molecular flexibility index (Phi) is 7.37. The largest absolute Gasteiger partial charge is 0.494 e. The van der Waals surface area contributed by atoms with Crippen LogP contribution in [0.5, 0.6) is 5.75 Å². The van der Waals surface area contributed by atoms with Crippen LogP contribution in [0.25, 0.3) is 0 Å². The van der Waals surface area contributed by atoms with Gasteiger partial charge in [0.2, 0.25) is 0 Å². The van der Waals surface area contributed by atoms with Gasteiger partial charge >= 0.3 is 6.03 Å². The molecule has 1 unspecified atom stereocenters. The Morgan fingerprint density at radius 3 is 2.96 bits per heavy atom. The van der Waals surface area contributed by atoms with Crippen LogP contribution in [0.1, 0.15) is 38.2 Å². The lowest BCUT2D eigenvalue weighted by Crippen LogP contribution is -2.43.